The van der Waals surface area contributed by atoms with Crippen LogP contribution >= 0.6 is 22.6 Å². The van der Waals surface area contributed by atoms with Gasteiger partial charge in [0.25, 0.3) is 17.5 Å². The molecule has 0 aromatic heterocycles. The summed E-state index contributed by atoms with van der Waals surface area (Å²) in [5.41, 5.74) is 0.785. The highest BCUT2D eigenvalue weighted by Gasteiger charge is 2.35. The lowest BCUT2D eigenvalue weighted by molar-refractivity contribution is -0.384. The molecule has 0 saturated carbocycles. The number of hydrogen-bond acceptors (Lipinski definition) is 4. The van der Waals surface area contributed by atoms with Crippen molar-refractivity contribution < 1.29 is 14.5 Å². The van der Waals surface area contributed by atoms with Gasteiger partial charge in [-0.15, -0.1) is 0 Å². The first-order chi connectivity index (χ1) is 12.0. The average Bonchev–Trinajstić information content (AvgIpc) is 2.60. The molecule has 0 atom stereocenters. The van der Waals surface area contributed by atoms with Crippen LogP contribution in [0.4, 0.5) is 11.4 Å². The summed E-state index contributed by atoms with van der Waals surface area (Å²) < 4.78 is 0.969. The summed E-state index contributed by atoms with van der Waals surface area (Å²) in [6, 6.07) is 14.5. The molecule has 0 radical (unpaired) electrons. The van der Waals surface area contributed by atoms with Gasteiger partial charge in [-0.25, -0.2) is 4.90 Å². The first-order valence-corrected chi connectivity index (χ1v) is 8.41. The predicted octanol–water partition coefficient (Wildman–Crippen LogP) is 4.15. The Morgan fingerprint density at radius 2 is 1.60 bits per heavy atom. The van der Waals surface area contributed by atoms with Gasteiger partial charge in [0.2, 0.25) is 0 Å². The van der Waals surface area contributed by atoms with Crippen molar-refractivity contribution in [3.63, 3.8) is 0 Å². The molecule has 0 unspecified atom stereocenters. The molecule has 1 heterocycles. The van der Waals surface area contributed by atoms with Crippen LogP contribution in [0.3, 0.4) is 0 Å². The van der Waals surface area contributed by atoms with Crippen LogP contribution in [0.1, 0.15) is 20.7 Å². The minimum Gasteiger partial charge on any atom is -0.268 e. The zero-order valence-corrected chi connectivity index (χ0v) is 14.8. The number of halogens is 1. The number of nitro groups is 1. The average molecular weight is 444 g/mol. The molecule has 2 amide bonds. The smallest absolute Gasteiger partial charge is 0.268 e. The highest BCUT2D eigenvalue weighted by atomic mass is 127. The van der Waals surface area contributed by atoms with Gasteiger partial charge in [-0.3, -0.25) is 19.7 Å². The van der Waals surface area contributed by atoms with Crippen LogP contribution in [0.2, 0.25) is 0 Å². The molecule has 0 bridgehead atoms. The molecule has 0 saturated heterocycles. The van der Waals surface area contributed by atoms with Gasteiger partial charge in [-0.05, 0) is 58.3 Å². The molecule has 0 aliphatic carbocycles. The number of imide groups is 1. The first-order valence-electron chi connectivity index (χ1n) is 7.33. The van der Waals surface area contributed by atoms with Crippen LogP contribution in [0.5, 0.6) is 0 Å². The molecular formula is C18H9IN2O4. The Balaban J connectivity index is 2.00. The lowest BCUT2D eigenvalue weighted by Crippen LogP contribution is -2.40. The van der Waals surface area contributed by atoms with Crippen molar-refractivity contribution >= 4 is 56.6 Å². The van der Waals surface area contributed by atoms with Crippen molar-refractivity contribution in [3.05, 3.63) is 79.4 Å². The van der Waals surface area contributed by atoms with E-state index in [1.165, 1.54) is 12.1 Å². The largest absolute Gasteiger partial charge is 0.270 e. The Hall–Kier alpha value is -2.81. The second kappa shape index (κ2) is 5.62. The van der Waals surface area contributed by atoms with Crippen LogP contribution in [0, 0.1) is 13.7 Å². The van der Waals surface area contributed by atoms with E-state index in [1.807, 2.05) is 0 Å². The lowest BCUT2D eigenvalue weighted by atomic mass is 9.93. The number of anilines is 1. The Kier molecular flexibility index (Phi) is 3.53. The van der Waals surface area contributed by atoms with Gasteiger partial charge < -0.3 is 0 Å². The van der Waals surface area contributed by atoms with Gasteiger partial charge in [0.05, 0.1) is 16.2 Å². The second-order valence-electron chi connectivity index (χ2n) is 5.58. The molecule has 4 rings (SSSR count). The molecule has 1 aliphatic rings. The molecule has 122 valence electrons. The van der Waals surface area contributed by atoms with E-state index in [9.17, 15) is 19.7 Å². The Morgan fingerprint density at radius 3 is 2.28 bits per heavy atom. The summed E-state index contributed by atoms with van der Waals surface area (Å²) in [7, 11) is 0. The van der Waals surface area contributed by atoms with Crippen LogP contribution in [0.15, 0.2) is 54.6 Å². The van der Waals surface area contributed by atoms with Crippen LogP contribution in [0.25, 0.3) is 10.8 Å². The molecule has 3 aromatic rings. The molecular weight excluding hydrogens is 435 g/mol. The Bertz CT molecular complexity index is 1080. The number of rotatable bonds is 2. The molecule has 0 N–H and O–H groups in total. The quantitative estimate of drug-likeness (QED) is 0.258. The number of carbonyl (C=O) groups is 2. The standard InChI is InChI=1S/C18H9IN2O4/c19-11-4-6-12(7-5-11)20-17(22)14-3-1-2-10-8-13(21(24)25)9-15(16(10)14)18(20)23/h1-9H. The summed E-state index contributed by atoms with van der Waals surface area (Å²) in [4.78, 5) is 37.6. The molecule has 0 spiro atoms. The normalized spacial score (nSPS) is 13.4. The molecule has 1 aliphatic heterocycles. The van der Waals surface area contributed by atoms with Gasteiger partial charge in [0, 0.05) is 26.7 Å². The number of amides is 2. The van der Waals surface area contributed by atoms with E-state index in [0.29, 0.717) is 22.0 Å². The van der Waals surface area contributed by atoms with E-state index < -0.39 is 16.7 Å². The lowest BCUT2D eigenvalue weighted by Gasteiger charge is -2.27. The minimum absolute atomic E-state index is 0.165. The number of hydrogen-bond donors (Lipinski definition) is 0. The number of nitrogens with zero attached hydrogens (tertiary/aromatic N) is 2. The van der Waals surface area contributed by atoms with Crippen LogP contribution in [-0.4, -0.2) is 16.7 Å². The SMILES string of the molecule is O=C1c2cccc3cc([N+](=O)[O-])cc(c23)C(=O)N1c1ccc(I)cc1. The van der Waals surface area contributed by atoms with Gasteiger partial charge in [0.15, 0.2) is 0 Å². The zero-order chi connectivity index (χ0) is 17.7. The van der Waals surface area contributed by atoms with Crippen molar-refractivity contribution in [2.24, 2.45) is 0 Å². The maximum atomic E-state index is 13.0. The van der Waals surface area contributed by atoms with Gasteiger partial charge in [-0.2, -0.15) is 0 Å². The maximum Gasteiger partial charge on any atom is 0.270 e. The second-order valence-corrected chi connectivity index (χ2v) is 6.82. The maximum absolute atomic E-state index is 13.0. The first kappa shape index (κ1) is 15.7. The predicted molar refractivity (Wildman–Crippen MR) is 101 cm³/mol. The summed E-state index contributed by atoms with van der Waals surface area (Å²) in [6.45, 7) is 0. The van der Waals surface area contributed by atoms with Gasteiger partial charge >= 0.3 is 0 Å². The summed E-state index contributed by atoms with van der Waals surface area (Å²) in [5, 5.41) is 12.2. The minimum atomic E-state index is -0.557. The molecule has 0 fully saturated rings. The molecule has 25 heavy (non-hydrogen) atoms. The third-order valence-corrected chi connectivity index (χ3v) is 4.84. The van der Waals surface area contributed by atoms with Crippen molar-refractivity contribution in [2.75, 3.05) is 4.90 Å². The summed E-state index contributed by atoms with van der Waals surface area (Å²) in [5.74, 6) is -0.989. The van der Waals surface area contributed by atoms with E-state index in [1.54, 1.807) is 42.5 Å². The monoisotopic (exact) mass is 444 g/mol. The fourth-order valence-electron chi connectivity index (χ4n) is 3.02. The molecule has 7 heteroatoms. The van der Waals surface area contributed by atoms with E-state index in [0.717, 1.165) is 8.47 Å². The van der Waals surface area contributed by atoms with Crippen molar-refractivity contribution in [1.82, 2.24) is 0 Å². The van der Waals surface area contributed by atoms with Crippen LogP contribution < -0.4 is 4.90 Å². The van der Waals surface area contributed by atoms with E-state index in [2.05, 4.69) is 22.6 Å². The fraction of sp³-hybridized carbons (Fsp3) is 0. The number of nitro benzene ring substituents is 1. The summed E-state index contributed by atoms with van der Waals surface area (Å²) in [6.07, 6.45) is 0. The zero-order valence-electron chi connectivity index (χ0n) is 12.6. The Labute approximate surface area is 155 Å². The number of non-ortho nitro benzene ring substituents is 1. The third kappa shape index (κ3) is 2.39. The molecule has 3 aromatic carbocycles. The summed E-state index contributed by atoms with van der Waals surface area (Å²) >= 11 is 2.13. The van der Waals surface area contributed by atoms with E-state index in [-0.39, 0.29) is 11.3 Å². The molecule has 6 nitrogen and oxygen atoms in total. The van der Waals surface area contributed by atoms with Crippen molar-refractivity contribution in [3.8, 4) is 0 Å². The van der Waals surface area contributed by atoms with E-state index in [4.69, 9.17) is 0 Å². The van der Waals surface area contributed by atoms with Crippen molar-refractivity contribution in [2.45, 2.75) is 0 Å². The number of carbonyl (C=O) groups excluding carboxylic acids is 2. The topological polar surface area (TPSA) is 80.5 Å². The van der Waals surface area contributed by atoms with Gasteiger partial charge in [0.1, 0.15) is 0 Å². The Morgan fingerprint density at radius 1 is 0.920 bits per heavy atom. The highest BCUT2D eigenvalue weighted by Crippen LogP contribution is 2.35. The third-order valence-electron chi connectivity index (χ3n) is 4.12. The highest BCUT2D eigenvalue weighted by molar-refractivity contribution is 14.1. The number of benzene rings is 3. The van der Waals surface area contributed by atoms with Gasteiger partial charge in [-0.1, -0.05) is 12.1 Å². The van der Waals surface area contributed by atoms with Crippen LogP contribution in [-0.2, 0) is 0 Å². The van der Waals surface area contributed by atoms with E-state index >= 15 is 0 Å². The fourth-order valence-corrected chi connectivity index (χ4v) is 3.38. The van der Waals surface area contributed by atoms with Crippen molar-refractivity contribution in [1.29, 1.82) is 0 Å².